The molecular formula is C3H7NO4S. The highest BCUT2D eigenvalue weighted by Gasteiger charge is 1.99. The van der Waals surface area contributed by atoms with Gasteiger partial charge in [-0.05, 0) is 0 Å². The van der Waals surface area contributed by atoms with Crippen LogP contribution in [0, 0.1) is 12.3 Å². The lowest BCUT2D eigenvalue weighted by atomic mass is 10.8. The first-order valence-electron chi connectivity index (χ1n) is 1.61. The third kappa shape index (κ3) is 11.1. The van der Waals surface area contributed by atoms with E-state index in [0.29, 0.717) is 0 Å². The van der Waals surface area contributed by atoms with Crippen molar-refractivity contribution in [1.82, 2.24) is 6.15 Å². The summed E-state index contributed by atoms with van der Waals surface area (Å²) in [6.07, 6.45) is 4.59. The second kappa shape index (κ2) is 4.29. The summed E-state index contributed by atoms with van der Waals surface area (Å²) >= 11 is 0. The molecule has 0 aliphatic carbocycles. The zero-order valence-corrected chi connectivity index (χ0v) is 5.39. The number of hydrogen-bond acceptors (Lipinski definition) is 4. The second-order valence-electron chi connectivity index (χ2n) is 0.894. The van der Waals surface area contributed by atoms with Crippen LogP contribution in [0.2, 0.25) is 0 Å². The molecule has 0 spiro atoms. The first kappa shape index (κ1) is 11.2. The van der Waals surface area contributed by atoms with Crippen LogP contribution < -0.4 is 6.15 Å². The first-order valence-corrected chi connectivity index (χ1v) is 2.98. The molecule has 0 fully saturated rings. The van der Waals surface area contributed by atoms with Crippen molar-refractivity contribution in [2.24, 2.45) is 0 Å². The summed E-state index contributed by atoms with van der Waals surface area (Å²) in [5.74, 6) is 1.86. The molecule has 0 radical (unpaired) electrons. The van der Waals surface area contributed by atoms with Crippen molar-refractivity contribution in [2.75, 3.05) is 6.61 Å². The maximum Gasteiger partial charge on any atom is 0.398 e. The minimum Gasteiger partial charge on any atom is -0.344 e. The average molecular weight is 153 g/mol. The maximum atomic E-state index is 9.63. The van der Waals surface area contributed by atoms with E-state index in [-0.39, 0.29) is 6.15 Å². The fourth-order valence-corrected chi connectivity index (χ4v) is 0.325. The normalized spacial score (nSPS) is 9.33. The van der Waals surface area contributed by atoms with E-state index in [0.717, 1.165) is 0 Å². The van der Waals surface area contributed by atoms with Crippen molar-refractivity contribution < 1.29 is 17.2 Å². The Morgan fingerprint density at radius 2 is 2.11 bits per heavy atom. The Kier molecular flexibility index (Phi) is 5.34. The predicted octanol–water partition coefficient (Wildman–Crippen LogP) is -0.399. The van der Waals surface area contributed by atoms with Gasteiger partial charge in [-0.2, -0.15) is 8.42 Å². The monoisotopic (exact) mass is 153 g/mol. The minimum atomic E-state index is -4.33. The Balaban J connectivity index is 0. The molecule has 0 aromatic rings. The fraction of sp³-hybridized carbons (Fsp3) is 0.333. The molecule has 0 unspecified atom stereocenters. The van der Waals surface area contributed by atoms with Crippen LogP contribution in [0.1, 0.15) is 0 Å². The molecule has 0 saturated heterocycles. The smallest absolute Gasteiger partial charge is 0.344 e. The van der Waals surface area contributed by atoms with Crippen LogP contribution in [0.5, 0.6) is 0 Å². The Hall–Kier alpha value is -0.610. The quantitative estimate of drug-likeness (QED) is 0.415. The Morgan fingerprint density at radius 1 is 1.67 bits per heavy atom. The van der Waals surface area contributed by atoms with Crippen molar-refractivity contribution in [3.8, 4) is 12.3 Å². The van der Waals surface area contributed by atoms with Gasteiger partial charge >= 0.3 is 10.4 Å². The first-order chi connectivity index (χ1) is 3.56. The molecule has 0 bridgehead atoms. The van der Waals surface area contributed by atoms with Crippen molar-refractivity contribution in [3.63, 3.8) is 0 Å². The second-order valence-corrected chi connectivity index (χ2v) is 1.99. The molecule has 0 rings (SSSR count). The lowest BCUT2D eigenvalue weighted by molar-refractivity contribution is 0.300. The molecule has 4 N–H and O–H groups in total. The largest absolute Gasteiger partial charge is 0.398 e. The van der Waals surface area contributed by atoms with Gasteiger partial charge in [0.1, 0.15) is 6.61 Å². The van der Waals surface area contributed by atoms with E-state index in [1.807, 2.05) is 5.92 Å². The Labute approximate surface area is 53.6 Å². The summed E-state index contributed by atoms with van der Waals surface area (Å²) in [6.45, 7) is -0.432. The highest BCUT2D eigenvalue weighted by molar-refractivity contribution is 7.80. The van der Waals surface area contributed by atoms with Gasteiger partial charge < -0.3 is 6.15 Å². The zero-order chi connectivity index (χ0) is 6.62. The lowest BCUT2D eigenvalue weighted by Crippen LogP contribution is -2.02. The number of terminal acetylenes is 1. The number of hydrogen-bond donors (Lipinski definition) is 2. The van der Waals surface area contributed by atoms with E-state index in [9.17, 15) is 8.42 Å². The van der Waals surface area contributed by atoms with Crippen LogP contribution in [0.15, 0.2) is 0 Å². The van der Waals surface area contributed by atoms with Crippen LogP contribution >= 0.6 is 0 Å². The van der Waals surface area contributed by atoms with E-state index in [1.165, 1.54) is 0 Å². The topological polar surface area (TPSA) is 98.6 Å². The molecule has 6 heteroatoms. The molecule has 0 aliphatic heterocycles. The summed E-state index contributed by atoms with van der Waals surface area (Å²) in [5, 5.41) is 0. The Bertz CT molecular complexity index is 188. The van der Waals surface area contributed by atoms with Gasteiger partial charge in [0.2, 0.25) is 0 Å². The average Bonchev–Trinajstić information content (AvgIpc) is 1.59. The van der Waals surface area contributed by atoms with Gasteiger partial charge in [-0.1, -0.05) is 5.92 Å². The summed E-state index contributed by atoms with van der Waals surface area (Å²) in [4.78, 5) is 0. The van der Waals surface area contributed by atoms with Crippen LogP contribution in [0.3, 0.4) is 0 Å². The molecule has 0 atom stereocenters. The van der Waals surface area contributed by atoms with E-state index in [2.05, 4.69) is 10.6 Å². The third-order valence-corrected chi connectivity index (χ3v) is 0.707. The molecule has 0 aromatic carbocycles. The third-order valence-electron chi connectivity index (χ3n) is 0.291. The summed E-state index contributed by atoms with van der Waals surface area (Å²) < 4.78 is 30.7. The zero-order valence-electron chi connectivity index (χ0n) is 4.57. The summed E-state index contributed by atoms with van der Waals surface area (Å²) in [7, 11) is -4.33. The van der Waals surface area contributed by atoms with Gasteiger partial charge in [0.25, 0.3) is 0 Å². The maximum absolute atomic E-state index is 9.63. The van der Waals surface area contributed by atoms with Crippen molar-refractivity contribution in [3.05, 3.63) is 0 Å². The summed E-state index contributed by atoms with van der Waals surface area (Å²) in [6, 6.07) is 0. The van der Waals surface area contributed by atoms with Crippen LogP contribution in [0.4, 0.5) is 0 Å². The molecular weight excluding hydrogens is 146 g/mol. The van der Waals surface area contributed by atoms with Crippen molar-refractivity contribution in [1.29, 1.82) is 0 Å². The fourth-order valence-electron chi connectivity index (χ4n) is 0.108. The molecule has 0 aromatic heterocycles. The Morgan fingerprint density at radius 3 is 2.22 bits per heavy atom. The van der Waals surface area contributed by atoms with E-state index in [1.54, 1.807) is 0 Å². The molecule has 0 heterocycles. The van der Waals surface area contributed by atoms with Gasteiger partial charge in [-0.15, -0.1) is 6.42 Å². The van der Waals surface area contributed by atoms with Gasteiger partial charge in [0.15, 0.2) is 0 Å². The van der Waals surface area contributed by atoms with E-state index < -0.39 is 17.0 Å². The standard InChI is InChI=1S/C3H4O4S.H3N/c1-2-3-7-8(4,5)6;/h1H,3H2,(H,4,5,6);1H3. The summed E-state index contributed by atoms with van der Waals surface area (Å²) in [5.41, 5.74) is 0. The lowest BCUT2D eigenvalue weighted by Gasteiger charge is -1.88. The van der Waals surface area contributed by atoms with Crippen LogP contribution in [-0.4, -0.2) is 19.6 Å². The predicted molar refractivity (Wildman–Crippen MR) is 31.4 cm³/mol. The van der Waals surface area contributed by atoms with Gasteiger partial charge in [-0.3, -0.25) is 4.55 Å². The van der Waals surface area contributed by atoms with Gasteiger partial charge in [0.05, 0.1) is 0 Å². The molecule has 9 heavy (non-hydrogen) atoms. The van der Waals surface area contributed by atoms with Crippen LogP contribution in [-0.2, 0) is 14.6 Å². The minimum absolute atomic E-state index is 0. The molecule has 0 saturated carbocycles. The highest BCUT2D eigenvalue weighted by Crippen LogP contribution is 1.81. The molecule has 0 amide bonds. The van der Waals surface area contributed by atoms with E-state index >= 15 is 0 Å². The SMILES string of the molecule is C#CCOS(=O)(=O)O.N. The number of rotatable bonds is 2. The molecule has 54 valence electrons. The van der Waals surface area contributed by atoms with Crippen LogP contribution in [0.25, 0.3) is 0 Å². The van der Waals surface area contributed by atoms with Gasteiger partial charge in [-0.25, -0.2) is 4.18 Å². The highest BCUT2D eigenvalue weighted by atomic mass is 32.3. The van der Waals surface area contributed by atoms with Gasteiger partial charge in [0, 0.05) is 0 Å². The van der Waals surface area contributed by atoms with E-state index in [4.69, 9.17) is 4.55 Å². The molecule has 0 aliphatic rings. The van der Waals surface area contributed by atoms with Crippen molar-refractivity contribution >= 4 is 10.4 Å². The van der Waals surface area contributed by atoms with Crippen molar-refractivity contribution in [2.45, 2.75) is 0 Å². The molecule has 5 nitrogen and oxygen atoms in total.